The van der Waals surface area contributed by atoms with Crippen molar-refractivity contribution in [3.8, 4) is 0 Å². The first-order valence-electron chi connectivity index (χ1n) is 11.3. The van der Waals surface area contributed by atoms with E-state index in [4.69, 9.17) is 23.2 Å². The minimum Gasteiger partial charge on any atom is -0.302 e. The van der Waals surface area contributed by atoms with E-state index >= 15 is 0 Å². The second-order valence-corrected chi connectivity index (χ2v) is 10.9. The number of halogens is 2. The normalized spacial score (nSPS) is 20.7. The molecular formula is C24H26Cl2N4O3. The molecule has 1 aromatic carbocycles. The highest BCUT2D eigenvalue weighted by Crippen LogP contribution is 2.53. The summed E-state index contributed by atoms with van der Waals surface area (Å²) >= 11 is 12.3. The Morgan fingerprint density at radius 2 is 1.82 bits per heavy atom. The number of nitrogens with one attached hydrogen (secondary N) is 1. The van der Waals surface area contributed by atoms with Gasteiger partial charge in [0.25, 0.3) is 17.4 Å². The molecule has 5 rings (SSSR count). The van der Waals surface area contributed by atoms with Crippen molar-refractivity contribution >= 4 is 35.0 Å². The number of nitrogens with zero attached hydrogens (tertiary/aromatic N) is 3. The molecule has 2 amide bonds. The topological polar surface area (TPSA) is 86.4 Å². The molecule has 0 bridgehead atoms. The molecule has 0 radical (unpaired) electrons. The van der Waals surface area contributed by atoms with Gasteiger partial charge in [-0.05, 0) is 60.1 Å². The van der Waals surface area contributed by atoms with Crippen molar-refractivity contribution in [2.45, 2.75) is 32.6 Å². The largest absolute Gasteiger partial charge is 0.302 e. The number of carbonyl (C=O) groups excluding carboxylic acids is 2. The number of fused-ring (bicyclic) bond motifs is 1. The van der Waals surface area contributed by atoms with E-state index in [1.54, 1.807) is 12.3 Å². The number of likely N-dealkylation sites (tertiary alicyclic amines) is 1. The summed E-state index contributed by atoms with van der Waals surface area (Å²) in [6, 6.07) is 3.64. The van der Waals surface area contributed by atoms with E-state index in [0.29, 0.717) is 33.4 Å². The zero-order valence-electron chi connectivity index (χ0n) is 18.7. The minimum atomic E-state index is -0.339. The number of hydrogen-bond acceptors (Lipinski definition) is 5. The molecule has 33 heavy (non-hydrogen) atoms. The van der Waals surface area contributed by atoms with E-state index in [1.807, 2.05) is 6.07 Å². The number of imide groups is 1. The number of aromatic amines is 1. The van der Waals surface area contributed by atoms with E-state index in [2.05, 4.69) is 22.0 Å². The van der Waals surface area contributed by atoms with Crippen molar-refractivity contribution in [3.63, 3.8) is 0 Å². The van der Waals surface area contributed by atoms with Gasteiger partial charge in [-0.25, -0.2) is 5.10 Å². The predicted octanol–water partition coefficient (Wildman–Crippen LogP) is 3.44. The fourth-order valence-corrected chi connectivity index (χ4v) is 6.43. The number of benzene rings is 1. The van der Waals surface area contributed by atoms with Crippen LogP contribution in [-0.2, 0) is 12.8 Å². The van der Waals surface area contributed by atoms with E-state index in [9.17, 15) is 14.4 Å². The third kappa shape index (κ3) is 3.90. The van der Waals surface area contributed by atoms with Crippen LogP contribution in [0.5, 0.6) is 0 Å². The van der Waals surface area contributed by atoms with Gasteiger partial charge in [-0.1, -0.05) is 36.2 Å². The summed E-state index contributed by atoms with van der Waals surface area (Å²) in [6.07, 6.45) is 5.44. The molecular weight excluding hydrogens is 463 g/mol. The van der Waals surface area contributed by atoms with Crippen molar-refractivity contribution in [2.24, 2.45) is 17.3 Å². The van der Waals surface area contributed by atoms with Gasteiger partial charge in [-0.2, -0.15) is 5.10 Å². The summed E-state index contributed by atoms with van der Waals surface area (Å²) < 4.78 is 0. The lowest BCUT2D eigenvalue weighted by Crippen LogP contribution is -2.63. The molecule has 7 nitrogen and oxygen atoms in total. The van der Waals surface area contributed by atoms with Crippen LogP contribution < -0.4 is 5.56 Å². The van der Waals surface area contributed by atoms with Crippen molar-refractivity contribution < 1.29 is 9.59 Å². The SMILES string of the molecule is CC(Cc1cn[nH]c(=O)c1Cl)CN1CC2(CC(Cc3ccc(Cl)c4c3C(=O)N(C)C4=O)C2)C1. The smallest absolute Gasteiger partial charge is 0.283 e. The average molecular weight is 489 g/mol. The zero-order chi connectivity index (χ0) is 23.5. The molecule has 3 heterocycles. The molecule has 1 saturated carbocycles. The Kier molecular flexibility index (Phi) is 5.62. The van der Waals surface area contributed by atoms with Crippen LogP contribution in [0.2, 0.25) is 10.0 Å². The molecule has 2 aliphatic heterocycles. The van der Waals surface area contributed by atoms with Crippen LogP contribution in [0.3, 0.4) is 0 Å². The maximum atomic E-state index is 12.6. The summed E-state index contributed by atoms with van der Waals surface area (Å²) in [4.78, 5) is 40.2. The van der Waals surface area contributed by atoms with Crippen LogP contribution in [0.1, 0.15) is 51.6 Å². The van der Waals surface area contributed by atoms with Crippen LogP contribution in [-0.4, -0.2) is 58.5 Å². The van der Waals surface area contributed by atoms with Crippen molar-refractivity contribution in [1.29, 1.82) is 0 Å². The minimum absolute atomic E-state index is 0.235. The third-order valence-corrected chi connectivity index (χ3v) is 8.08. The first kappa shape index (κ1) is 22.6. The second kappa shape index (κ2) is 8.22. The lowest BCUT2D eigenvalue weighted by atomic mass is 9.56. The van der Waals surface area contributed by atoms with Gasteiger partial charge in [0.05, 0.1) is 22.3 Å². The highest BCUT2D eigenvalue weighted by Gasteiger charge is 2.52. The molecule has 1 atom stereocenters. The number of hydrogen-bond donors (Lipinski definition) is 1. The Hall–Kier alpha value is -2.22. The van der Waals surface area contributed by atoms with Crippen LogP contribution >= 0.6 is 23.2 Å². The summed E-state index contributed by atoms with van der Waals surface area (Å²) in [7, 11) is 1.51. The van der Waals surface area contributed by atoms with Gasteiger partial charge in [0.1, 0.15) is 5.02 Å². The predicted molar refractivity (Wildman–Crippen MR) is 126 cm³/mol. The summed E-state index contributed by atoms with van der Waals surface area (Å²) in [6.45, 7) is 5.29. The van der Waals surface area contributed by atoms with Gasteiger partial charge >= 0.3 is 0 Å². The molecule has 174 valence electrons. The molecule has 1 saturated heterocycles. The summed E-state index contributed by atoms with van der Waals surface area (Å²) in [5.74, 6) is 0.329. The van der Waals surface area contributed by atoms with Crippen LogP contribution in [0.15, 0.2) is 23.1 Å². The molecule has 1 unspecified atom stereocenters. The van der Waals surface area contributed by atoms with Crippen molar-refractivity contribution in [1.82, 2.24) is 20.0 Å². The van der Waals surface area contributed by atoms with E-state index in [-0.39, 0.29) is 22.4 Å². The van der Waals surface area contributed by atoms with E-state index < -0.39 is 0 Å². The fourth-order valence-electron chi connectivity index (χ4n) is 6.02. The molecule has 2 aromatic rings. The number of carbonyl (C=O) groups is 2. The van der Waals surface area contributed by atoms with Crippen molar-refractivity contribution in [3.05, 3.63) is 61.0 Å². The lowest BCUT2D eigenvalue weighted by Gasteiger charge is -2.60. The molecule has 2 fully saturated rings. The summed E-state index contributed by atoms with van der Waals surface area (Å²) in [5, 5.41) is 6.79. The van der Waals surface area contributed by atoms with Gasteiger partial charge in [0.15, 0.2) is 0 Å². The highest BCUT2D eigenvalue weighted by molar-refractivity contribution is 6.37. The maximum absolute atomic E-state index is 12.6. The first-order valence-corrected chi connectivity index (χ1v) is 12.0. The molecule has 1 spiro atoms. The molecule has 1 aromatic heterocycles. The highest BCUT2D eigenvalue weighted by atomic mass is 35.5. The Morgan fingerprint density at radius 1 is 1.12 bits per heavy atom. The first-order chi connectivity index (χ1) is 15.7. The van der Waals surface area contributed by atoms with E-state index in [1.165, 1.54) is 7.05 Å². The number of amides is 2. The average Bonchev–Trinajstić information content (AvgIpc) is 2.95. The zero-order valence-corrected chi connectivity index (χ0v) is 20.2. The lowest BCUT2D eigenvalue weighted by molar-refractivity contribution is -0.0980. The Morgan fingerprint density at radius 3 is 2.55 bits per heavy atom. The Labute approximate surface area is 202 Å². The van der Waals surface area contributed by atoms with Gasteiger partial charge < -0.3 is 4.90 Å². The van der Waals surface area contributed by atoms with Gasteiger partial charge in [-0.3, -0.25) is 19.3 Å². The van der Waals surface area contributed by atoms with Crippen LogP contribution in [0.4, 0.5) is 0 Å². The Bertz CT molecular complexity index is 1200. The number of aromatic nitrogens is 2. The van der Waals surface area contributed by atoms with Crippen LogP contribution in [0.25, 0.3) is 0 Å². The molecule has 3 aliphatic rings. The standard InChI is InChI=1S/C24H26Cl2N4O3/c1-13(5-16-9-27-28-21(31)20(16)26)10-30-11-24(12-30)7-14(8-24)6-15-3-4-17(25)19-18(15)22(32)29(2)23(19)33/h3-4,9,13-14H,5-8,10-12H2,1-2H3,(H,28,31). The van der Waals surface area contributed by atoms with Crippen LogP contribution in [0, 0.1) is 17.3 Å². The summed E-state index contributed by atoms with van der Waals surface area (Å²) in [5.41, 5.74) is 2.61. The maximum Gasteiger partial charge on any atom is 0.283 e. The fraction of sp³-hybridized carbons (Fsp3) is 0.500. The second-order valence-electron chi connectivity index (χ2n) is 10.1. The Balaban J connectivity index is 1.14. The van der Waals surface area contributed by atoms with E-state index in [0.717, 1.165) is 61.3 Å². The number of rotatable bonds is 6. The molecule has 1 aliphatic carbocycles. The third-order valence-electron chi connectivity index (χ3n) is 7.35. The van der Waals surface area contributed by atoms with Gasteiger partial charge in [-0.15, -0.1) is 0 Å². The quantitative estimate of drug-likeness (QED) is 0.629. The molecule has 1 N–H and O–H groups in total. The molecule has 9 heteroatoms. The van der Waals surface area contributed by atoms with Gasteiger partial charge in [0.2, 0.25) is 0 Å². The number of H-pyrrole nitrogens is 1. The monoisotopic (exact) mass is 488 g/mol. The van der Waals surface area contributed by atoms with Gasteiger partial charge in [0, 0.05) is 26.7 Å². The van der Waals surface area contributed by atoms with Crippen molar-refractivity contribution in [2.75, 3.05) is 26.7 Å².